The van der Waals surface area contributed by atoms with Crippen LogP contribution in [0.2, 0.25) is 0 Å². The highest BCUT2D eigenvalue weighted by molar-refractivity contribution is 5.63. The molecule has 0 aromatic carbocycles. The van der Waals surface area contributed by atoms with Gasteiger partial charge in [-0.3, -0.25) is 14.5 Å². The summed E-state index contributed by atoms with van der Waals surface area (Å²) in [5.41, 5.74) is 0.304. The Kier molecular flexibility index (Phi) is 11.2. The second kappa shape index (κ2) is 13.1. The number of carboxylic acids is 2. The van der Waals surface area contributed by atoms with E-state index in [9.17, 15) is 0 Å². The van der Waals surface area contributed by atoms with Crippen LogP contribution in [0.15, 0.2) is 4.42 Å². The lowest BCUT2D eigenvalue weighted by atomic mass is 9.92. The van der Waals surface area contributed by atoms with E-state index in [2.05, 4.69) is 25.7 Å². The maximum atomic E-state index is 9.00. The van der Waals surface area contributed by atoms with Crippen molar-refractivity contribution in [2.24, 2.45) is 0 Å². The first-order chi connectivity index (χ1) is 13.8. The van der Waals surface area contributed by atoms with Crippen molar-refractivity contribution >= 4 is 18.0 Å². The molecular formula is C19H35N5O5. The molecule has 0 atom stereocenters. The van der Waals surface area contributed by atoms with Crippen LogP contribution >= 0.6 is 0 Å². The number of hydrogen-bond acceptors (Lipinski definition) is 8. The molecule has 29 heavy (non-hydrogen) atoms. The van der Waals surface area contributed by atoms with Crippen LogP contribution in [0.5, 0.6) is 0 Å². The molecule has 0 bridgehead atoms. The summed E-state index contributed by atoms with van der Waals surface area (Å²) < 4.78 is 5.60. The highest BCUT2D eigenvalue weighted by atomic mass is 16.4. The molecule has 2 heterocycles. The zero-order valence-electron chi connectivity index (χ0n) is 17.7. The maximum Gasteiger partial charge on any atom is 0.315 e. The fourth-order valence-electron chi connectivity index (χ4n) is 3.79. The zero-order chi connectivity index (χ0) is 21.7. The monoisotopic (exact) mass is 413 g/mol. The lowest BCUT2D eigenvalue weighted by Crippen LogP contribution is -2.53. The smallest absolute Gasteiger partial charge is 0.315 e. The van der Waals surface area contributed by atoms with Crippen molar-refractivity contribution in [3.8, 4) is 0 Å². The van der Waals surface area contributed by atoms with Gasteiger partial charge >= 0.3 is 6.01 Å². The number of likely N-dealkylation sites (tertiary alicyclic amines) is 1. The van der Waals surface area contributed by atoms with E-state index >= 15 is 0 Å². The van der Waals surface area contributed by atoms with Crippen molar-refractivity contribution in [3.05, 3.63) is 5.89 Å². The summed E-state index contributed by atoms with van der Waals surface area (Å²) in [6.45, 7) is 6.20. The highest BCUT2D eigenvalue weighted by Gasteiger charge is 2.39. The summed E-state index contributed by atoms with van der Waals surface area (Å²) in [5, 5.41) is 29.4. The first kappa shape index (κ1) is 24.8. The SMILES string of the molecule is CC(=O)O.CC(=O)O.CNCc1nnc(NCC2(N3CCCCC3)CCCC2)o1. The predicted molar refractivity (Wildman–Crippen MR) is 109 cm³/mol. The summed E-state index contributed by atoms with van der Waals surface area (Å²) in [6, 6.07) is 0.559. The van der Waals surface area contributed by atoms with Gasteiger partial charge in [0, 0.05) is 25.9 Å². The molecule has 0 radical (unpaired) electrons. The van der Waals surface area contributed by atoms with E-state index in [1.165, 1.54) is 58.0 Å². The number of rotatable bonds is 6. The number of aliphatic carboxylic acids is 2. The van der Waals surface area contributed by atoms with Gasteiger partial charge in [0.05, 0.1) is 6.54 Å². The number of aromatic nitrogens is 2. The number of nitrogens with zero attached hydrogens (tertiary/aromatic N) is 3. The van der Waals surface area contributed by atoms with E-state index in [-0.39, 0.29) is 0 Å². The van der Waals surface area contributed by atoms with Crippen molar-refractivity contribution in [1.29, 1.82) is 0 Å². The van der Waals surface area contributed by atoms with E-state index in [0.717, 1.165) is 20.4 Å². The van der Waals surface area contributed by atoms with Crippen molar-refractivity contribution in [2.45, 2.75) is 70.9 Å². The largest absolute Gasteiger partial charge is 0.481 e. The standard InChI is InChI=1S/C15H27N5O.2C2H4O2/c1-16-11-13-18-19-14(21-13)17-12-15(7-3-4-8-15)20-9-5-2-6-10-20;2*1-2(3)4/h16H,2-12H2,1H3,(H,17,19);2*1H3,(H,3,4). The quantitative estimate of drug-likeness (QED) is 0.548. The number of anilines is 1. The third kappa shape index (κ3) is 9.71. The van der Waals surface area contributed by atoms with Crippen molar-refractivity contribution in [3.63, 3.8) is 0 Å². The molecule has 1 saturated heterocycles. The van der Waals surface area contributed by atoms with E-state index < -0.39 is 11.9 Å². The van der Waals surface area contributed by atoms with E-state index in [4.69, 9.17) is 24.2 Å². The molecular weight excluding hydrogens is 378 g/mol. The molecule has 166 valence electrons. The number of nitrogens with one attached hydrogen (secondary N) is 2. The Morgan fingerprint density at radius 1 is 1.03 bits per heavy atom. The zero-order valence-corrected chi connectivity index (χ0v) is 17.7. The van der Waals surface area contributed by atoms with Crippen LogP contribution in [0.25, 0.3) is 0 Å². The fourth-order valence-corrected chi connectivity index (χ4v) is 3.79. The molecule has 10 heteroatoms. The average Bonchev–Trinajstić information content (AvgIpc) is 3.30. The Hall–Kier alpha value is -2.20. The molecule has 3 rings (SSSR count). The fraction of sp³-hybridized carbons (Fsp3) is 0.789. The first-order valence-electron chi connectivity index (χ1n) is 10.1. The molecule has 1 aliphatic heterocycles. The van der Waals surface area contributed by atoms with Gasteiger partial charge in [0.2, 0.25) is 5.89 Å². The van der Waals surface area contributed by atoms with Crippen LogP contribution in [0, 0.1) is 0 Å². The van der Waals surface area contributed by atoms with Gasteiger partial charge in [-0.05, 0) is 45.8 Å². The van der Waals surface area contributed by atoms with Crippen molar-refractivity contribution < 1.29 is 24.2 Å². The summed E-state index contributed by atoms with van der Waals surface area (Å²) in [5.74, 6) is -1.03. The molecule has 2 fully saturated rings. The summed E-state index contributed by atoms with van der Waals surface area (Å²) in [6.07, 6.45) is 9.33. The second-order valence-electron chi connectivity index (χ2n) is 7.40. The molecule has 1 saturated carbocycles. The summed E-state index contributed by atoms with van der Waals surface area (Å²) in [4.78, 5) is 20.7. The maximum absolute atomic E-state index is 9.00. The van der Waals surface area contributed by atoms with Crippen molar-refractivity contribution in [1.82, 2.24) is 20.4 Å². The molecule has 1 aromatic rings. The van der Waals surface area contributed by atoms with Crippen LogP contribution in [-0.2, 0) is 16.1 Å². The van der Waals surface area contributed by atoms with Gasteiger partial charge in [-0.1, -0.05) is 24.4 Å². The van der Waals surface area contributed by atoms with E-state index in [1.807, 2.05) is 7.05 Å². The number of carbonyl (C=O) groups is 2. The van der Waals surface area contributed by atoms with Crippen LogP contribution in [0.4, 0.5) is 6.01 Å². The van der Waals surface area contributed by atoms with Gasteiger partial charge in [0.1, 0.15) is 0 Å². The van der Waals surface area contributed by atoms with Gasteiger partial charge in [-0.25, -0.2) is 0 Å². The van der Waals surface area contributed by atoms with Crippen LogP contribution in [0.3, 0.4) is 0 Å². The van der Waals surface area contributed by atoms with Gasteiger partial charge in [-0.2, -0.15) is 0 Å². The normalized spacial score (nSPS) is 18.0. The first-order valence-corrected chi connectivity index (χ1v) is 10.1. The van der Waals surface area contributed by atoms with Gasteiger partial charge in [0.25, 0.3) is 11.9 Å². The molecule has 0 amide bonds. The molecule has 2 aliphatic rings. The molecule has 0 spiro atoms. The Balaban J connectivity index is 0.000000452. The molecule has 0 unspecified atom stereocenters. The van der Waals surface area contributed by atoms with Crippen LogP contribution in [-0.4, -0.2) is 69.5 Å². The molecule has 1 aliphatic carbocycles. The number of hydrogen-bond donors (Lipinski definition) is 4. The molecule has 10 nitrogen and oxygen atoms in total. The Bertz CT molecular complexity index is 590. The lowest BCUT2D eigenvalue weighted by molar-refractivity contribution is -0.135. The second-order valence-corrected chi connectivity index (χ2v) is 7.40. The minimum Gasteiger partial charge on any atom is -0.481 e. The average molecular weight is 414 g/mol. The topological polar surface area (TPSA) is 141 Å². The Morgan fingerprint density at radius 3 is 2.10 bits per heavy atom. The van der Waals surface area contributed by atoms with E-state index in [1.54, 1.807) is 0 Å². The summed E-state index contributed by atoms with van der Waals surface area (Å²) in [7, 11) is 1.88. The lowest BCUT2D eigenvalue weighted by Gasteiger charge is -2.43. The minimum atomic E-state index is -0.833. The van der Waals surface area contributed by atoms with Crippen molar-refractivity contribution in [2.75, 3.05) is 32.0 Å². The van der Waals surface area contributed by atoms with Gasteiger partial charge in [-0.15, -0.1) is 5.10 Å². The molecule has 4 N–H and O–H groups in total. The van der Waals surface area contributed by atoms with Crippen LogP contribution < -0.4 is 10.6 Å². The summed E-state index contributed by atoms with van der Waals surface area (Å²) >= 11 is 0. The highest BCUT2D eigenvalue weighted by Crippen LogP contribution is 2.37. The molecule has 1 aromatic heterocycles. The Labute approximate surface area is 172 Å². The minimum absolute atomic E-state index is 0.304. The Morgan fingerprint density at radius 2 is 1.59 bits per heavy atom. The van der Waals surface area contributed by atoms with E-state index in [0.29, 0.717) is 24.0 Å². The van der Waals surface area contributed by atoms with Gasteiger partial charge < -0.3 is 25.3 Å². The number of piperidine rings is 1. The third-order valence-electron chi connectivity index (χ3n) is 4.92. The van der Waals surface area contributed by atoms with Gasteiger partial charge in [0.15, 0.2) is 0 Å². The predicted octanol–water partition coefficient (Wildman–Crippen LogP) is 2.18. The third-order valence-corrected chi connectivity index (χ3v) is 4.92. The number of carboxylic acid groups (broad SMARTS) is 2. The van der Waals surface area contributed by atoms with Crippen LogP contribution in [0.1, 0.15) is 64.7 Å².